The normalized spacial score (nSPS) is 15.0. The molecule has 0 aliphatic carbocycles. The predicted molar refractivity (Wildman–Crippen MR) is 109 cm³/mol. The molecule has 1 saturated heterocycles. The lowest BCUT2D eigenvalue weighted by atomic mass is 10.2. The molecule has 28 heavy (non-hydrogen) atoms. The first-order valence-electron chi connectivity index (χ1n) is 9.09. The van der Waals surface area contributed by atoms with Crippen LogP contribution in [0.15, 0.2) is 40.6 Å². The molecule has 2 heterocycles. The SMILES string of the molecule is CC(C)NC(=O)c1ccc(NC(=O)c2sccc2S(=O)(=O)N2CCCC2)cc1. The third-order valence-corrected chi connectivity index (χ3v) is 7.33. The van der Waals surface area contributed by atoms with E-state index in [-0.39, 0.29) is 21.7 Å². The Balaban J connectivity index is 1.74. The predicted octanol–water partition coefficient (Wildman–Crippen LogP) is 2.92. The fourth-order valence-corrected chi connectivity index (χ4v) is 5.79. The van der Waals surface area contributed by atoms with Crippen molar-refractivity contribution in [1.29, 1.82) is 0 Å². The lowest BCUT2D eigenvalue weighted by molar-refractivity contribution is 0.0942. The first-order valence-corrected chi connectivity index (χ1v) is 11.4. The number of benzene rings is 1. The number of hydrogen-bond donors (Lipinski definition) is 2. The lowest BCUT2D eigenvalue weighted by Gasteiger charge is -2.15. The van der Waals surface area contributed by atoms with Crippen LogP contribution in [0.3, 0.4) is 0 Å². The summed E-state index contributed by atoms with van der Waals surface area (Å²) in [6.45, 7) is 4.72. The minimum absolute atomic E-state index is 0.0293. The van der Waals surface area contributed by atoms with Crippen LogP contribution in [0.2, 0.25) is 0 Å². The van der Waals surface area contributed by atoms with E-state index in [1.165, 1.54) is 10.4 Å². The van der Waals surface area contributed by atoms with Crippen LogP contribution < -0.4 is 10.6 Å². The Kier molecular flexibility index (Phi) is 6.17. The Hall–Kier alpha value is -2.23. The minimum Gasteiger partial charge on any atom is -0.350 e. The van der Waals surface area contributed by atoms with Gasteiger partial charge in [-0.2, -0.15) is 4.31 Å². The van der Waals surface area contributed by atoms with Crippen LogP contribution in [0.4, 0.5) is 5.69 Å². The summed E-state index contributed by atoms with van der Waals surface area (Å²) in [5.41, 5.74) is 0.976. The molecule has 0 bridgehead atoms. The molecule has 0 spiro atoms. The molecule has 7 nitrogen and oxygen atoms in total. The van der Waals surface area contributed by atoms with E-state index >= 15 is 0 Å². The van der Waals surface area contributed by atoms with E-state index in [1.54, 1.807) is 29.6 Å². The second-order valence-electron chi connectivity index (χ2n) is 6.88. The lowest BCUT2D eigenvalue weighted by Crippen LogP contribution is -2.30. The Morgan fingerprint density at radius 2 is 1.68 bits per heavy atom. The Bertz CT molecular complexity index is 959. The number of amides is 2. The topological polar surface area (TPSA) is 95.6 Å². The zero-order valence-electron chi connectivity index (χ0n) is 15.8. The molecular formula is C19H23N3O4S2. The van der Waals surface area contributed by atoms with Crippen molar-refractivity contribution in [2.75, 3.05) is 18.4 Å². The van der Waals surface area contributed by atoms with E-state index in [0.29, 0.717) is 24.3 Å². The quantitative estimate of drug-likeness (QED) is 0.750. The molecule has 2 N–H and O–H groups in total. The minimum atomic E-state index is -3.66. The molecule has 0 radical (unpaired) electrons. The van der Waals surface area contributed by atoms with Crippen molar-refractivity contribution >= 4 is 38.9 Å². The van der Waals surface area contributed by atoms with E-state index in [2.05, 4.69) is 10.6 Å². The maximum absolute atomic E-state index is 12.8. The number of nitrogens with zero attached hydrogens (tertiary/aromatic N) is 1. The largest absolute Gasteiger partial charge is 0.350 e. The molecule has 3 rings (SSSR count). The van der Waals surface area contributed by atoms with Gasteiger partial charge in [-0.25, -0.2) is 8.42 Å². The standard InChI is InChI=1S/C19H23N3O4S2/c1-13(2)20-18(23)14-5-7-15(8-6-14)21-19(24)17-16(9-12-27-17)28(25,26)22-10-3-4-11-22/h5-9,12-13H,3-4,10-11H2,1-2H3,(H,20,23)(H,21,24). The highest BCUT2D eigenvalue weighted by Gasteiger charge is 2.31. The van der Waals surface area contributed by atoms with E-state index < -0.39 is 15.9 Å². The molecule has 2 amide bonds. The van der Waals surface area contributed by atoms with Gasteiger partial charge in [-0.15, -0.1) is 11.3 Å². The Morgan fingerprint density at radius 1 is 1.04 bits per heavy atom. The van der Waals surface area contributed by atoms with E-state index in [4.69, 9.17) is 0 Å². The summed E-state index contributed by atoms with van der Waals surface area (Å²) >= 11 is 1.10. The van der Waals surface area contributed by atoms with Gasteiger partial charge in [0.25, 0.3) is 11.8 Å². The average molecular weight is 422 g/mol. The molecule has 1 aromatic heterocycles. The van der Waals surface area contributed by atoms with Crippen LogP contribution in [-0.4, -0.2) is 43.7 Å². The number of nitrogens with one attached hydrogen (secondary N) is 2. The van der Waals surface area contributed by atoms with Crippen LogP contribution in [0.5, 0.6) is 0 Å². The maximum atomic E-state index is 12.8. The molecule has 2 aromatic rings. The summed E-state index contributed by atoms with van der Waals surface area (Å²) in [7, 11) is -3.66. The van der Waals surface area contributed by atoms with E-state index in [1.807, 2.05) is 13.8 Å². The highest BCUT2D eigenvalue weighted by Crippen LogP contribution is 2.28. The fourth-order valence-electron chi connectivity index (χ4n) is 2.97. The first-order chi connectivity index (χ1) is 13.3. The van der Waals surface area contributed by atoms with Crippen molar-refractivity contribution in [3.05, 3.63) is 46.2 Å². The molecule has 0 unspecified atom stereocenters. The summed E-state index contributed by atoms with van der Waals surface area (Å²) in [4.78, 5) is 24.9. The second kappa shape index (κ2) is 8.42. The molecule has 0 atom stereocenters. The van der Waals surface area contributed by atoms with Gasteiger partial charge in [0.2, 0.25) is 10.0 Å². The zero-order valence-corrected chi connectivity index (χ0v) is 17.4. The van der Waals surface area contributed by atoms with Gasteiger partial charge >= 0.3 is 0 Å². The first kappa shape index (κ1) is 20.5. The van der Waals surface area contributed by atoms with Crippen molar-refractivity contribution in [3.8, 4) is 0 Å². The van der Waals surface area contributed by atoms with E-state index in [0.717, 1.165) is 24.2 Å². The fraction of sp³-hybridized carbons (Fsp3) is 0.368. The van der Waals surface area contributed by atoms with Gasteiger partial charge in [0.05, 0.1) is 0 Å². The van der Waals surface area contributed by atoms with Crippen LogP contribution in [-0.2, 0) is 10.0 Å². The highest BCUT2D eigenvalue weighted by molar-refractivity contribution is 7.89. The molecule has 9 heteroatoms. The third-order valence-electron chi connectivity index (χ3n) is 4.34. The van der Waals surface area contributed by atoms with Gasteiger partial charge in [0.15, 0.2) is 0 Å². The van der Waals surface area contributed by atoms with Crippen LogP contribution in [0.25, 0.3) is 0 Å². The van der Waals surface area contributed by atoms with E-state index in [9.17, 15) is 18.0 Å². The third kappa shape index (κ3) is 4.43. The van der Waals surface area contributed by atoms with Crippen molar-refractivity contribution in [2.24, 2.45) is 0 Å². The van der Waals surface area contributed by atoms with Crippen molar-refractivity contribution in [3.63, 3.8) is 0 Å². The molecule has 1 aliphatic heterocycles. The van der Waals surface area contributed by atoms with Crippen LogP contribution >= 0.6 is 11.3 Å². The number of carbonyl (C=O) groups is 2. The number of sulfonamides is 1. The molecule has 1 aromatic carbocycles. The summed E-state index contributed by atoms with van der Waals surface area (Å²) in [6.07, 6.45) is 1.67. The summed E-state index contributed by atoms with van der Waals surface area (Å²) in [6, 6.07) is 7.98. The molecule has 1 aliphatic rings. The second-order valence-corrected chi connectivity index (χ2v) is 9.71. The summed E-state index contributed by atoms with van der Waals surface area (Å²) in [5.74, 6) is -0.669. The number of rotatable bonds is 6. The summed E-state index contributed by atoms with van der Waals surface area (Å²) < 4.78 is 27.0. The summed E-state index contributed by atoms with van der Waals surface area (Å²) in [5, 5.41) is 7.12. The van der Waals surface area contributed by atoms with Gasteiger partial charge < -0.3 is 10.6 Å². The Morgan fingerprint density at radius 3 is 2.29 bits per heavy atom. The van der Waals surface area contributed by atoms with Gasteiger partial charge in [0, 0.05) is 30.4 Å². The molecule has 150 valence electrons. The van der Waals surface area contributed by atoms with Gasteiger partial charge in [-0.05, 0) is 62.4 Å². The Labute approximate surface area is 168 Å². The monoisotopic (exact) mass is 421 g/mol. The van der Waals surface area contributed by atoms with Crippen molar-refractivity contribution < 1.29 is 18.0 Å². The number of anilines is 1. The van der Waals surface area contributed by atoms with Gasteiger partial charge in [-0.3, -0.25) is 9.59 Å². The highest BCUT2D eigenvalue weighted by atomic mass is 32.2. The smallest absolute Gasteiger partial charge is 0.267 e. The molecule has 1 fully saturated rings. The maximum Gasteiger partial charge on any atom is 0.267 e. The van der Waals surface area contributed by atoms with Gasteiger partial charge in [-0.1, -0.05) is 0 Å². The van der Waals surface area contributed by atoms with Crippen molar-refractivity contribution in [1.82, 2.24) is 9.62 Å². The zero-order chi connectivity index (χ0) is 20.3. The number of hydrogen-bond acceptors (Lipinski definition) is 5. The molecular weight excluding hydrogens is 398 g/mol. The van der Waals surface area contributed by atoms with Crippen LogP contribution in [0.1, 0.15) is 46.7 Å². The molecule has 0 saturated carbocycles. The van der Waals surface area contributed by atoms with Gasteiger partial charge in [0.1, 0.15) is 9.77 Å². The average Bonchev–Trinajstić information content (AvgIpc) is 3.34. The number of carbonyl (C=O) groups excluding carboxylic acids is 2. The number of thiophene rings is 1. The van der Waals surface area contributed by atoms with Crippen molar-refractivity contribution in [2.45, 2.75) is 37.6 Å². The van der Waals surface area contributed by atoms with Crippen LogP contribution in [0, 0.1) is 0 Å².